The highest BCUT2D eigenvalue weighted by Crippen LogP contribution is 2.28. The van der Waals surface area contributed by atoms with Crippen LogP contribution in [0.1, 0.15) is 18.9 Å². The van der Waals surface area contributed by atoms with Crippen molar-refractivity contribution in [1.82, 2.24) is 4.90 Å². The summed E-state index contributed by atoms with van der Waals surface area (Å²) in [5, 5.41) is 0.192. The molecule has 0 aliphatic carbocycles. The first-order valence-electron chi connectivity index (χ1n) is 5.86. The van der Waals surface area contributed by atoms with Gasteiger partial charge in [-0.1, -0.05) is 30.7 Å². The molecule has 0 amide bonds. The molecule has 0 spiro atoms. The second-order valence-electron chi connectivity index (χ2n) is 4.67. The van der Waals surface area contributed by atoms with Crippen LogP contribution in [0.5, 0.6) is 0 Å². The van der Waals surface area contributed by atoms with E-state index in [0.29, 0.717) is 29.9 Å². The normalized spacial score (nSPS) is 25.4. The maximum atomic E-state index is 13.8. The molecule has 94 valence electrons. The van der Waals surface area contributed by atoms with Gasteiger partial charge < -0.3 is 0 Å². The van der Waals surface area contributed by atoms with Crippen molar-refractivity contribution >= 4 is 23.2 Å². The summed E-state index contributed by atoms with van der Waals surface area (Å²) in [7, 11) is 0. The Morgan fingerprint density at radius 2 is 2.24 bits per heavy atom. The smallest absolute Gasteiger partial charge is 0.146 e. The molecule has 2 unspecified atom stereocenters. The van der Waals surface area contributed by atoms with Gasteiger partial charge in [-0.25, -0.2) is 4.39 Å². The fraction of sp³-hybridized carbons (Fsp3) is 0.538. The zero-order valence-corrected chi connectivity index (χ0v) is 11.3. The SMILES string of the molecule is CC1CCN(Cc2cccc(Cl)c2F)C1CCl. The van der Waals surface area contributed by atoms with Crippen molar-refractivity contribution in [2.45, 2.75) is 25.9 Å². The van der Waals surface area contributed by atoms with Gasteiger partial charge >= 0.3 is 0 Å². The number of nitrogens with zero attached hydrogens (tertiary/aromatic N) is 1. The van der Waals surface area contributed by atoms with Crippen LogP contribution in [-0.2, 0) is 6.54 Å². The van der Waals surface area contributed by atoms with Crippen LogP contribution in [0.25, 0.3) is 0 Å². The number of halogens is 3. The van der Waals surface area contributed by atoms with Crippen molar-refractivity contribution in [3.63, 3.8) is 0 Å². The first kappa shape index (κ1) is 13.1. The molecule has 4 heteroatoms. The third-order valence-corrected chi connectivity index (χ3v) is 4.17. The molecule has 0 saturated carbocycles. The van der Waals surface area contributed by atoms with Crippen LogP contribution in [0.2, 0.25) is 5.02 Å². The number of alkyl halides is 1. The van der Waals surface area contributed by atoms with Crippen LogP contribution in [0.15, 0.2) is 18.2 Å². The Hall–Kier alpha value is -0.310. The van der Waals surface area contributed by atoms with Gasteiger partial charge in [-0.3, -0.25) is 4.90 Å². The van der Waals surface area contributed by atoms with Gasteiger partial charge in [0.1, 0.15) is 5.82 Å². The number of hydrogen-bond acceptors (Lipinski definition) is 1. The Kier molecular flexibility index (Phi) is 4.29. The van der Waals surface area contributed by atoms with Gasteiger partial charge in [0.15, 0.2) is 0 Å². The van der Waals surface area contributed by atoms with E-state index in [4.69, 9.17) is 23.2 Å². The molecule has 1 nitrogen and oxygen atoms in total. The third-order valence-electron chi connectivity index (χ3n) is 3.56. The highest BCUT2D eigenvalue weighted by molar-refractivity contribution is 6.30. The van der Waals surface area contributed by atoms with Gasteiger partial charge in [0.2, 0.25) is 0 Å². The maximum Gasteiger partial charge on any atom is 0.146 e. The minimum atomic E-state index is -0.304. The molecule has 1 aromatic rings. The standard InChI is InChI=1S/C13H16Cl2FN/c1-9-5-6-17(12(9)7-14)8-10-3-2-4-11(15)13(10)16/h2-4,9,12H,5-8H2,1H3. The number of benzene rings is 1. The second kappa shape index (κ2) is 5.55. The molecule has 0 N–H and O–H groups in total. The summed E-state index contributed by atoms with van der Waals surface area (Å²) < 4.78 is 13.8. The van der Waals surface area contributed by atoms with E-state index in [9.17, 15) is 4.39 Å². The summed E-state index contributed by atoms with van der Waals surface area (Å²) >= 11 is 11.8. The van der Waals surface area contributed by atoms with Crippen LogP contribution in [0.3, 0.4) is 0 Å². The highest BCUT2D eigenvalue weighted by Gasteiger charge is 2.30. The van der Waals surface area contributed by atoms with Crippen LogP contribution in [0.4, 0.5) is 4.39 Å². The number of likely N-dealkylation sites (tertiary alicyclic amines) is 1. The molecule has 0 radical (unpaired) electrons. The van der Waals surface area contributed by atoms with Crippen LogP contribution < -0.4 is 0 Å². The van der Waals surface area contributed by atoms with Gasteiger partial charge in [-0.05, 0) is 24.9 Å². The quantitative estimate of drug-likeness (QED) is 0.756. The molecule has 1 fully saturated rings. The number of hydrogen-bond donors (Lipinski definition) is 0. The lowest BCUT2D eigenvalue weighted by atomic mass is 10.0. The second-order valence-corrected chi connectivity index (χ2v) is 5.39. The highest BCUT2D eigenvalue weighted by atomic mass is 35.5. The first-order chi connectivity index (χ1) is 8.13. The molecule has 1 heterocycles. The molecule has 1 aromatic carbocycles. The van der Waals surface area contributed by atoms with Crippen LogP contribution >= 0.6 is 23.2 Å². The maximum absolute atomic E-state index is 13.8. The predicted octanol–water partition coefficient (Wildman–Crippen LogP) is 3.93. The molecular formula is C13H16Cl2FN. The molecular weight excluding hydrogens is 260 g/mol. The van der Waals surface area contributed by atoms with Crippen LogP contribution in [0, 0.1) is 11.7 Å². The summed E-state index contributed by atoms with van der Waals surface area (Å²) in [5.41, 5.74) is 0.654. The Morgan fingerprint density at radius 3 is 2.94 bits per heavy atom. The summed E-state index contributed by atoms with van der Waals surface area (Å²) in [4.78, 5) is 2.24. The lowest BCUT2D eigenvalue weighted by molar-refractivity contribution is 0.239. The van der Waals surface area contributed by atoms with Crippen molar-refractivity contribution in [2.75, 3.05) is 12.4 Å². The van der Waals surface area contributed by atoms with Crippen LogP contribution in [-0.4, -0.2) is 23.4 Å². The molecule has 1 aliphatic heterocycles. The fourth-order valence-electron chi connectivity index (χ4n) is 2.42. The number of rotatable bonds is 3. The van der Waals surface area contributed by atoms with Gasteiger partial charge in [0.25, 0.3) is 0 Å². The average molecular weight is 276 g/mol. The summed E-state index contributed by atoms with van der Waals surface area (Å²) in [6.45, 7) is 3.76. The van der Waals surface area contributed by atoms with E-state index in [1.165, 1.54) is 0 Å². The molecule has 2 atom stereocenters. The molecule has 17 heavy (non-hydrogen) atoms. The molecule has 1 aliphatic rings. The van der Waals surface area contributed by atoms with Gasteiger partial charge in [0, 0.05) is 24.0 Å². The van der Waals surface area contributed by atoms with E-state index in [1.54, 1.807) is 18.2 Å². The van der Waals surface area contributed by atoms with E-state index >= 15 is 0 Å². The summed E-state index contributed by atoms with van der Waals surface area (Å²) in [6.07, 6.45) is 1.12. The van der Waals surface area contributed by atoms with E-state index in [-0.39, 0.29) is 10.8 Å². The topological polar surface area (TPSA) is 3.24 Å². The van der Waals surface area contributed by atoms with Gasteiger partial charge in [0.05, 0.1) is 5.02 Å². The van der Waals surface area contributed by atoms with Gasteiger partial charge in [-0.15, -0.1) is 11.6 Å². The summed E-state index contributed by atoms with van der Waals surface area (Å²) in [5.74, 6) is 0.875. The Bertz CT molecular complexity index is 397. The van der Waals surface area contributed by atoms with Crippen molar-refractivity contribution in [2.24, 2.45) is 5.92 Å². The molecule has 1 saturated heterocycles. The minimum Gasteiger partial charge on any atom is -0.295 e. The van der Waals surface area contributed by atoms with E-state index in [1.807, 2.05) is 0 Å². The van der Waals surface area contributed by atoms with Crippen molar-refractivity contribution in [3.8, 4) is 0 Å². The Balaban J connectivity index is 2.13. The van der Waals surface area contributed by atoms with Gasteiger partial charge in [-0.2, -0.15) is 0 Å². The monoisotopic (exact) mass is 275 g/mol. The fourth-order valence-corrected chi connectivity index (χ4v) is 3.12. The van der Waals surface area contributed by atoms with Crippen molar-refractivity contribution in [1.29, 1.82) is 0 Å². The zero-order chi connectivity index (χ0) is 12.4. The van der Waals surface area contributed by atoms with E-state index in [2.05, 4.69) is 11.8 Å². The predicted molar refractivity (Wildman–Crippen MR) is 70.1 cm³/mol. The third kappa shape index (κ3) is 2.75. The van der Waals surface area contributed by atoms with E-state index < -0.39 is 0 Å². The molecule has 2 rings (SSSR count). The Labute approximate surface area is 112 Å². The molecule has 0 aromatic heterocycles. The lowest BCUT2D eigenvalue weighted by Gasteiger charge is -2.25. The van der Waals surface area contributed by atoms with Crippen molar-refractivity contribution in [3.05, 3.63) is 34.6 Å². The largest absolute Gasteiger partial charge is 0.295 e. The Morgan fingerprint density at radius 1 is 1.47 bits per heavy atom. The lowest BCUT2D eigenvalue weighted by Crippen LogP contribution is -2.33. The average Bonchev–Trinajstić information content (AvgIpc) is 2.66. The summed E-state index contributed by atoms with van der Waals surface area (Å²) in [6, 6.07) is 5.49. The minimum absolute atomic E-state index is 0.192. The van der Waals surface area contributed by atoms with E-state index in [0.717, 1.165) is 13.0 Å². The molecule has 0 bridgehead atoms. The first-order valence-corrected chi connectivity index (χ1v) is 6.77. The van der Waals surface area contributed by atoms with Crippen molar-refractivity contribution < 1.29 is 4.39 Å². The zero-order valence-electron chi connectivity index (χ0n) is 9.80.